The van der Waals surface area contributed by atoms with Gasteiger partial charge in [-0.3, -0.25) is 0 Å². The van der Waals surface area contributed by atoms with E-state index >= 15 is 0 Å². The van der Waals surface area contributed by atoms with Gasteiger partial charge in [-0.1, -0.05) is 35.4 Å². The highest BCUT2D eigenvalue weighted by Gasteiger charge is 2.13. The van der Waals surface area contributed by atoms with Crippen LogP contribution in [0.5, 0.6) is 0 Å². The van der Waals surface area contributed by atoms with Crippen LogP contribution >= 0.6 is 0 Å². The van der Waals surface area contributed by atoms with Gasteiger partial charge in [0.15, 0.2) is 0 Å². The standard InChI is InChI=1S/C16H12FN3O3S/c17-14-8-6-13(7-9-14)15-18-19-16(23-15)20-24(21,22)11-10-12-4-2-1-3-5-12/h1-11H,(H,19,20)/b11-10+. The minimum Gasteiger partial charge on any atom is -0.403 e. The average molecular weight is 345 g/mol. The Hall–Kier alpha value is -3.00. The Balaban J connectivity index is 1.74. The number of aromatic nitrogens is 2. The molecule has 24 heavy (non-hydrogen) atoms. The molecular weight excluding hydrogens is 333 g/mol. The van der Waals surface area contributed by atoms with Crippen LogP contribution in [0.3, 0.4) is 0 Å². The van der Waals surface area contributed by atoms with Crippen LogP contribution in [-0.4, -0.2) is 18.6 Å². The Labute approximate surface area is 137 Å². The van der Waals surface area contributed by atoms with Crippen LogP contribution in [0.25, 0.3) is 17.5 Å². The topological polar surface area (TPSA) is 85.1 Å². The summed E-state index contributed by atoms with van der Waals surface area (Å²) in [6.07, 6.45) is 1.44. The van der Waals surface area contributed by atoms with Crippen LogP contribution in [0.1, 0.15) is 5.56 Å². The maximum atomic E-state index is 12.9. The minimum atomic E-state index is -3.80. The Morgan fingerprint density at radius 3 is 2.42 bits per heavy atom. The molecule has 0 radical (unpaired) electrons. The molecule has 1 N–H and O–H groups in total. The van der Waals surface area contributed by atoms with E-state index in [4.69, 9.17) is 4.42 Å². The van der Waals surface area contributed by atoms with E-state index in [1.165, 1.54) is 30.3 Å². The van der Waals surface area contributed by atoms with Gasteiger partial charge in [0.2, 0.25) is 5.89 Å². The lowest BCUT2D eigenvalue weighted by atomic mass is 10.2. The van der Waals surface area contributed by atoms with E-state index in [1.54, 1.807) is 24.3 Å². The maximum absolute atomic E-state index is 12.9. The van der Waals surface area contributed by atoms with Gasteiger partial charge in [0.1, 0.15) is 5.82 Å². The first kappa shape index (κ1) is 15.9. The summed E-state index contributed by atoms with van der Waals surface area (Å²) in [5, 5.41) is 8.35. The highest BCUT2D eigenvalue weighted by atomic mass is 32.2. The first-order valence-corrected chi connectivity index (χ1v) is 8.42. The SMILES string of the molecule is O=S(=O)(/C=C/c1ccccc1)Nc1nnc(-c2ccc(F)cc2)o1. The van der Waals surface area contributed by atoms with Crippen molar-refractivity contribution in [3.8, 4) is 11.5 Å². The van der Waals surface area contributed by atoms with E-state index in [0.29, 0.717) is 5.56 Å². The van der Waals surface area contributed by atoms with Gasteiger partial charge in [-0.15, -0.1) is 5.10 Å². The smallest absolute Gasteiger partial charge is 0.330 e. The zero-order valence-electron chi connectivity index (χ0n) is 12.3. The fourth-order valence-electron chi connectivity index (χ4n) is 1.86. The number of sulfonamides is 1. The van der Waals surface area contributed by atoms with E-state index in [9.17, 15) is 12.8 Å². The van der Waals surface area contributed by atoms with E-state index < -0.39 is 15.8 Å². The molecular formula is C16H12FN3O3S. The second-order valence-corrected chi connectivity index (χ2v) is 6.35. The largest absolute Gasteiger partial charge is 0.403 e. The number of halogens is 1. The van der Waals surface area contributed by atoms with E-state index in [1.807, 2.05) is 6.07 Å². The lowest BCUT2D eigenvalue weighted by molar-refractivity contribution is 0.580. The number of nitrogens with zero attached hydrogens (tertiary/aromatic N) is 2. The van der Waals surface area contributed by atoms with Gasteiger partial charge in [0, 0.05) is 5.56 Å². The highest BCUT2D eigenvalue weighted by molar-refractivity contribution is 7.95. The zero-order valence-corrected chi connectivity index (χ0v) is 13.1. The predicted molar refractivity (Wildman–Crippen MR) is 87.7 cm³/mol. The minimum absolute atomic E-state index is 0.0831. The third kappa shape index (κ3) is 4.05. The van der Waals surface area contributed by atoms with Crippen molar-refractivity contribution < 1.29 is 17.2 Å². The van der Waals surface area contributed by atoms with Gasteiger partial charge in [-0.25, -0.2) is 17.5 Å². The van der Waals surface area contributed by atoms with E-state index in [0.717, 1.165) is 11.0 Å². The van der Waals surface area contributed by atoms with Gasteiger partial charge >= 0.3 is 6.01 Å². The molecule has 0 saturated carbocycles. The second-order valence-electron chi connectivity index (χ2n) is 4.78. The lowest BCUT2D eigenvalue weighted by Gasteiger charge is -1.98. The van der Waals surface area contributed by atoms with Gasteiger partial charge < -0.3 is 4.42 Å². The molecule has 0 aliphatic rings. The number of rotatable bonds is 5. The molecule has 1 heterocycles. The highest BCUT2D eigenvalue weighted by Crippen LogP contribution is 2.20. The van der Waals surface area contributed by atoms with E-state index in [-0.39, 0.29) is 11.9 Å². The monoisotopic (exact) mass is 345 g/mol. The Bertz CT molecular complexity index is 952. The Morgan fingerprint density at radius 1 is 1.00 bits per heavy atom. The van der Waals surface area contributed by atoms with Crippen molar-refractivity contribution in [2.24, 2.45) is 0 Å². The molecule has 0 aliphatic heterocycles. The quantitative estimate of drug-likeness (QED) is 0.767. The van der Waals surface area contributed by atoms with Crippen molar-refractivity contribution in [3.63, 3.8) is 0 Å². The van der Waals surface area contributed by atoms with Crippen molar-refractivity contribution in [1.82, 2.24) is 10.2 Å². The van der Waals surface area contributed by atoms with Gasteiger partial charge in [0.05, 0.1) is 5.41 Å². The summed E-state index contributed by atoms with van der Waals surface area (Å²) in [4.78, 5) is 0. The van der Waals surface area contributed by atoms with Crippen LogP contribution < -0.4 is 4.72 Å². The number of hydrogen-bond donors (Lipinski definition) is 1. The summed E-state index contributed by atoms with van der Waals surface area (Å²) in [6, 6.07) is 14.1. The van der Waals surface area contributed by atoms with Crippen molar-refractivity contribution in [3.05, 3.63) is 71.4 Å². The first-order valence-electron chi connectivity index (χ1n) is 6.87. The molecule has 0 saturated heterocycles. The third-order valence-electron chi connectivity index (χ3n) is 2.98. The Morgan fingerprint density at radius 2 is 1.71 bits per heavy atom. The average Bonchev–Trinajstić information content (AvgIpc) is 3.02. The molecule has 0 bridgehead atoms. The molecule has 0 fully saturated rings. The van der Waals surface area contributed by atoms with Gasteiger partial charge in [0.25, 0.3) is 10.0 Å². The number of benzene rings is 2. The molecule has 122 valence electrons. The van der Waals surface area contributed by atoms with Crippen LogP contribution in [0.4, 0.5) is 10.4 Å². The summed E-state index contributed by atoms with van der Waals surface area (Å²) in [5.74, 6) is -0.315. The second kappa shape index (κ2) is 6.63. The van der Waals surface area contributed by atoms with Crippen molar-refractivity contribution in [1.29, 1.82) is 0 Å². The maximum Gasteiger partial charge on any atom is 0.330 e. The molecule has 0 amide bonds. The van der Waals surface area contributed by atoms with Crippen molar-refractivity contribution in [2.75, 3.05) is 4.72 Å². The predicted octanol–water partition coefficient (Wildman–Crippen LogP) is 3.29. The Kier molecular flexibility index (Phi) is 4.39. The van der Waals surface area contributed by atoms with Crippen molar-refractivity contribution in [2.45, 2.75) is 0 Å². The summed E-state index contributed by atoms with van der Waals surface area (Å²) in [7, 11) is -3.80. The molecule has 0 atom stereocenters. The number of anilines is 1. The summed E-state index contributed by atoms with van der Waals surface area (Å²) in [6.45, 7) is 0. The first-order chi connectivity index (χ1) is 11.5. The molecule has 8 heteroatoms. The normalized spacial score (nSPS) is 11.7. The van der Waals surface area contributed by atoms with Crippen LogP contribution in [-0.2, 0) is 10.0 Å². The molecule has 0 spiro atoms. The number of hydrogen-bond acceptors (Lipinski definition) is 5. The van der Waals surface area contributed by atoms with Crippen molar-refractivity contribution >= 4 is 22.1 Å². The summed E-state index contributed by atoms with van der Waals surface area (Å²) >= 11 is 0. The molecule has 1 aromatic heterocycles. The van der Waals surface area contributed by atoms with Gasteiger partial charge in [-0.2, -0.15) is 0 Å². The van der Waals surface area contributed by atoms with Crippen LogP contribution in [0.15, 0.2) is 64.4 Å². The zero-order chi connectivity index (χ0) is 17.0. The van der Waals surface area contributed by atoms with E-state index in [2.05, 4.69) is 14.9 Å². The molecule has 6 nitrogen and oxygen atoms in total. The summed E-state index contributed by atoms with van der Waals surface area (Å²) < 4.78 is 44.3. The fraction of sp³-hybridized carbons (Fsp3) is 0. The summed E-state index contributed by atoms with van der Waals surface area (Å²) in [5.41, 5.74) is 1.22. The van der Waals surface area contributed by atoms with Crippen LogP contribution in [0.2, 0.25) is 0 Å². The molecule has 2 aromatic carbocycles. The molecule has 0 aliphatic carbocycles. The van der Waals surface area contributed by atoms with Crippen LogP contribution in [0, 0.1) is 5.82 Å². The molecule has 3 rings (SSSR count). The number of nitrogens with one attached hydrogen (secondary N) is 1. The van der Waals surface area contributed by atoms with Gasteiger partial charge in [-0.05, 0) is 35.9 Å². The lowest BCUT2D eigenvalue weighted by Crippen LogP contribution is -2.09. The third-order valence-corrected chi connectivity index (χ3v) is 3.94. The molecule has 0 unspecified atom stereocenters. The fourth-order valence-corrected chi connectivity index (χ4v) is 2.59. The molecule has 3 aromatic rings.